The number of esters is 1. The minimum Gasteiger partial charge on any atom is -0.506 e. The topological polar surface area (TPSA) is 93.1 Å². The van der Waals surface area contributed by atoms with Crippen LogP contribution in [0.25, 0.3) is 11.3 Å². The summed E-state index contributed by atoms with van der Waals surface area (Å²) >= 11 is 0. The molecule has 0 aromatic heterocycles. The van der Waals surface area contributed by atoms with Crippen molar-refractivity contribution in [2.45, 2.75) is 6.92 Å². The number of hydrogen-bond acceptors (Lipinski definition) is 6. The van der Waals surface area contributed by atoms with E-state index in [1.54, 1.807) is 0 Å². The van der Waals surface area contributed by atoms with Gasteiger partial charge in [-0.05, 0) is 30.3 Å². The maximum atomic E-state index is 13.7. The molecule has 2 amide bonds. The number of carbonyl (C=O) groups excluding carboxylic acids is 3. The number of amides is 2. The quantitative estimate of drug-likeness (QED) is 0.496. The molecule has 1 aliphatic rings. The third-order valence-corrected chi connectivity index (χ3v) is 4.32. The van der Waals surface area contributed by atoms with E-state index in [0.717, 1.165) is 24.0 Å². The average Bonchev–Trinajstić information content (AvgIpc) is 2.97. The van der Waals surface area contributed by atoms with Gasteiger partial charge < -0.3 is 14.6 Å². The van der Waals surface area contributed by atoms with Crippen molar-refractivity contribution in [1.82, 2.24) is 0 Å². The fourth-order valence-electron chi connectivity index (χ4n) is 3.13. The van der Waals surface area contributed by atoms with E-state index in [-0.39, 0.29) is 33.7 Å². The van der Waals surface area contributed by atoms with E-state index in [9.17, 15) is 23.9 Å². The monoisotopic (exact) mass is 385 g/mol. The summed E-state index contributed by atoms with van der Waals surface area (Å²) in [6.45, 7) is 1.16. The van der Waals surface area contributed by atoms with Crippen LogP contribution in [0.2, 0.25) is 0 Å². The van der Waals surface area contributed by atoms with Gasteiger partial charge in [-0.25, -0.2) is 14.1 Å². The summed E-state index contributed by atoms with van der Waals surface area (Å²) < 4.78 is 23.6. The van der Waals surface area contributed by atoms with Crippen molar-refractivity contribution in [3.63, 3.8) is 0 Å². The number of benzene rings is 2. The Balaban J connectivity index is 2.29. The molecule has 0 radical (unpaired) electrons. The van der Waals surface area contributed by atoms with Gasteiger partial charge in [-0.1, -0.05) is 6.07 Å². The lowest BCUT2D eigenvalue weighted by molar-refractivity contribution is -0.122. The maximum Gasteiger partial charge on any atom is 0.341 e. The molecular weight excluding hydrogens is 369 g/mol. The Morgan fingerprint density at radius 1 is 1.11 bits per heavy atom. The number of ether oxygens (including phenoxy) is 2. The molecule has 144 valence electrons. The largest absolute Gasteiger partial charge is 0.506 e. The second kappa shape index (κ2) is 7.15. The first-order valence-electron chi connectivity index (χ1n) is 8.15. The van der Waals surface area contributed by atoms with Crippen molar-refractivity contribution in [3.8, 4) is 5.75 Å². The number of nitrogens with zero attached hydrogens (tertiary/aromatic N) is 1. The number of aliphatic hydroxyl groups is 1. The minimum absolute atomic E-state index is 0.00270. The van der Waals surface area contributed by atoms with Crippen LogP contribution in [0.5, 0.6) is 5.75 Å². The highest BCUT2D eigenvalue weighted by Gasteiger charge is 2.38. The summed E-state index contributed by atoms with van der Waals surface area (Å²) in [6, 6.07) is 7.82. The van der Waals surface area contributed by atoms with Gasteiger partial charge in [0, 0.05) is 12.5 Å². The Kier molecular flexibility index (Phi) is 4.87. The van der Waals surface area contributed by atoms with E-state index in [4.69, 9.17) is 9.47 Å². The van der Waals surface area contributed by atoms with Gasteiger partial charge in [0.25, 0.3) is 5.91 Å². The molecule has 0 aliphatic carbocycles. The average molecular weight is 385 g/mol. The van der Waals surface area contributed by atoms with Crippen LogP contribution in [-0.2, 0) is 14.3 Å². The Hall–Kier alpha value is -3.68. The fraction of sp³-hybridized carbons (Fsp3) is 0.150. The van der Waals surface area contributed by atoms with Crippen molar-refractivity contribution in [1.29, 1.82) is 0 Å². The highest BCUT2D eigenvalue weighted by atomic mass is 19.1. The summed E-state index contributed by atoms with van der Waals surface area (Å²) in [4.78, 5) is 37.5. The maximum absolute atomic E-state index is 13.7. The molecule has 0 saturated carbocycles. The van der Waals surface area contributed by atoms with Crippen molar-refractivity contribution in [2.75, 3.05) is 19.1 Å². The summed E-state index contributed by atoms with van der Waals surface area (Å²) in [7, 11) is 2.49. The Morgan fingerprint density at radius 2 is 1.79 bits per heavy atom. The number of anilines is 1. The normalized spacial score (nSPS) is 14.6. The Labute approximate surface area is 159 Å². The lowest BCUT2D eigenvalue weighted by Crippen LogP contribution is -2.31. The van der Waals surface area contributed by atoms with Crippen LogP contribution < -0.4 is 9.64 Å². The third-order valence-electron chi connectivity index (χ3n) is 4.32. The van der Waals surface area contributed by atoms with Gasteiger partial charge in [0.05, 0.1) is 31.0 Å². The predicted octanol–water partition coefficient (Wildman–Crippen LogP) is 2.94. The second-order valence-electron chi connectivity index (χ2n) is 5.92. The SMILES string of the molecule is COC(=O)c1cccc(C(O)=C2C(=O)N(C(C)=O)c3cc(F)ccc32)c1OC. The van der Waals surface area contributed by atoms with Crippen molar-refractivity contribution in [3.05, 3.63) is 58.9 Å². The number of rotatable bonds is 3. The molecule has 8 heteroatoms. The lowest BCUT2D eigenvalue weighted by atomic mass is 9.99. The molecule has 28 heavy (non-hydrogen) atoms. The minimum atomic E-state index is -0.809. The molecule has 1 aliphatic heterocycles. The highest BCUT2D eigenvalue weighted by molar-refractivity contribution is 6.42. The molecule has 2 aromatic rings. The lowest BCUT2D eigenvalue weighted by Gasteiger charge is -2.14. The van der Waals surface area contributed by atoms with Crippen LogP contribution >= 0.6 is 0 Å². The second-order valence-corrected chi connectivity index (χ2v) is 5.92. The number of halogens is 1. The van der Waals surface area contributed by atoms with E-state index in [1.807, 2.05) is 0 Å². The van der Waals surface area contributed by atoms with Gasteiger partial charge in [0.15, 0.2) is 0 Å². The molecule has 1 heterocycles. The molecule has 0 bridgehead atoms. The van der Waals surface area contributed by atoms with Gasteiger partial charge in [0.2, 0.25) is 5.91 Å². The van der Waals surface area contributed by atoms with Crippen LogP contribution in [0.4, 0.5) is 10.1 Å². The van der Waals surface area contributed by atoms with Crippen LogP contribution in [0.15, 0.2) is 36.4 Å². The van der Waals surface area contributed by atoms with E-state index in [2.05, 4.69) is 0 Å². The highest BCUT2D eigenvalue weighted by Crippen LogP contribution is 2.42. The number of carbonyl (C=O) groups is 3. The number of fused-ring (bicyclic) bond motifs is 1. The zero-order chi connectivity index (χ0) is 20.6. The Bertz CT molecular complexity index is 1040. The van der Waals surface area contributed by atoms with E-state index >= 15 is 0 Å². The van der Waals surface area contributed by atoms with E-state index in [0.29, 0.717) is 0 Å². The number of aliphatic hydroxyl groups excluding tert-OH is 1. The molecule has 0 unspecified atom stereocenters. The summed E-state index contributed by atoms with van der Waals surface area (Å²) in [5.74, 6) is -3.28. The smallest absolute Gasteiger partial charge is 0.341 e. The van der Waals surface area contributed by atoms with Crippen molar-refractivity contribution in [2.24, 2.45) is 0 Å². The molecule has 3 rings (SSSR count). The zero-order valence-corrected chi connectivity index (χ0v) is 15.3. The molecular formula is C20H16FNO6. The van der Waals surface area contributed by atoms with E-state index in [1.165, 1.54) is 38.5 Å². The third kappa shape index (κ3) is 2.88. The first-order chi connectivity index (χ1) is 13.3. The standard InChI is InChI=1S/C20H16FNO6/c1-10(23)22-15-9-11(21)7-8-12(15)16(19(22)25)17(24)13-5-4-6-14(18(13)27-2)20(26)28-3/h4-9,24H,1-3H3. The Morgan fingerprint density at radius 3 is 2.39 bits per heavy atom. The number of hydrogen-bond donors (Lipinski definition) is 1. The van der Waals surface area contributed by atoms with Crippen LogP contribution in [-0.4, -0.2) is 37.1 Å². The van der Waals surface area contributed by atoms with Crippen LogP contribution in [0.3, 0.4) is 0 Å². The molecule has 1 N–H and O–H groups in total. The van der Waals surface area contributed by atoms with Crippen molar-refractivity contribution >= 4 is 34.8 Å². The van der Waals surface area contributed by atoms with Gasteiger partial charge in [0.1, 0.15) is 22.9 Å². The number of methoxy groups -OCH3 is 2. The predicted molar refractivity (Wildman–Crippen MR) is 98.3 cm³/mol. The molecule has 7 nitrogen and oxygen atoms in total. The zero-order valence-electron chi connectivity index (χ0n) is 15.3. The first-order valence-corrected chi connectivity index (χ1v) is 8.15. The number of para-hydroxylation sites is 1. The summed E-state index contributed by atoms with van der Waals surface area (Å²) in [5, 5.41) is 10.9. The van der Waals surface area contributed by atoms with Gasteiger partial charge in [-0.2, -0.15) is 0 Å². The van der Waals surface area contributed by atoms with E-state index < -0.39 is 29.4 Å². The summed E-state index contributed by atoms with van der Waals surface area (Å²) in [5.41, 5.74) is 0.106. The van der Waals surface area contributed by atoms with Gasteiger partial charge >= 0.3 is 5.97 Å². The number of imide groups is 1. The van der Waals surface area contributed by atoms with Crippen LogP contribution in [0, 0.1) is 5.82 Å². The molecule has 0 saturated heterocycles. The molecule has 0 spiro atoms. The molecule has 2 aromatic carbocycles. The van der Waals surface area contributed by atoms with Crippen molar-refractivity contribution < 1.29 is 33.4 Å². The van der Waals surface area contributed by atoms with Crippen LogP contribution in [0.1, 0.15) is 28.4 Å². The first kappa shape index (κ1) is 19.1. The molecule has 0 atom stereocenters. The van der Waals surface area contributed by atoms with Gasteiger partial charge in [-0.15, -0.1) is 0 Å². The molecule has 0 fully saturated rings. The van der Waals surface area contributed by atoms with Gasteiger partial charge in [-0.3, -0.25) is 9.59 Å². The summed E-state index contributed by atoms with van der Waals surface area (Å²) in [6.07, 6.45) is 0. The fourth-order valence-corrected chi connectivity index (χ4v) is 3.13.